The first kappa shape index (κ1) is 16.1. The summed E-state index contributed by atoms with van der Waals surface area (Å²) in [5.41, 5.74) is 0. The molecule has 0 amide bonds. The van der Waals surface area contributed by atoms with Crippen molar-refractivity contribution in [2.75, 3.05) is 19.7 Å². The molecule has 0 saturated carbocycles. The van der Waals surface area contributed by atoms with Gasteiger partial charge < -0.3 is 9.47 Å². The molecular weight excluding hydrogens is 325 g/mol. The van der Waals surface area contributed by atoms with E-state index in [1.165, 1.54) is 34.7 Å². The van der Waals surface area contributed by atoms with Gasteiger partial charge in [-0.15, -0.1) is 11.3 Å². The van der Waals surface area contributed by atoms with E-state index in [9.17, 15) is 4.39 Å². The van der Waals surface area contributed by atoms with Crippen LogP contribution in [0.3, 0.4) is 0 Å². The topological polar surface area (TPSA) is 21.7 Å². The number of benzene rings is 1. The Morgan fingerprint density at radius 1 is 1.12 bits per heavy atom. The Hall–Kier alpha value is -1.43. The Bertz CT molecular complexity index is 660. The molecule has 24 heavy (non-hydrogen) atoms. The van der Waals surface area contributed by atoms with E-state index in [-0.39, 0.29) is 11.9 Å². The molecule has 1 atom stereocenters. The first-order valence-electron chi connectivity index (χ1n) is 8.61. The van der Waals surface area contributed by atoms with Gasteiger partial charge in [0.1, 0.15) is 17.7 Å². The van der Waals surface area contributed by atoms with E-state index in [2.05, 4.69) is 17.0 Å². The van der Waals surface area contributed by atoms with Gasteiger partial charge in [-0.2, -0.15) is 0 Å². The van der Waals surface area contributed by atoms with Crippen molar-refractivity contribution < 1.29 is 13.9 Å². The number of rotatable bonds is 5. The second-order valence-corrected chi connectivity index (χ2v) is 7.75. The lowest BCUT2D eigenvalue weighted by atomic mass is 10.1. The number of hydrogen-bond acceptors (Lipinski definition) is 4. The van der Waals surface area contributed by atoms with E-state index < -0.39 is 0 Å². The van der Waals surface area contributed by atoms with Crippen molar-refractivity contribution in [3.63, 3.8) is 0 Å². The van der Waals surface area contributed by atoms with Crippen molar-refractivity contribution in [3.8, 4) is 5.75 Å². The van der Waals surface area contributed by atoms with Gasteiger partial charge in [-0.25, -0.2) is 4.39 Å². The molecular formula is C19H22FNO2S. The molecule has 0 spiro atoms. The standard InChI is InChI=1S/C19H22FNO2S/c20-14-4-6-15(7-5-14)23-16-11-21(12-16)13-17-8-9-19(24-17)18-3-1-2-10-22-18/h4-9,16,18H,1-3,10-13H2. The highest BCUT2D eigenvalue weighted by Gasteiger charge is 2.29. The quantitative estimate of drug-likeness (QED) is 0.800. The van der Waals surface area contributed by atoms with Gasteiger partial charge in [-0.3, -0.25) is 4.90 Å². The molecule has 1 unspecified atom stereocenters. The van der Waals surface area contributed by atoms with Gasteiger partial charge in [-0.05, 0) is 55.7 Å². The van der Waals surface area contributed by atoms with Gasteiger partial charge in [0.2, 0.25) is 0 Å². The molecule has 5 heteroatoms. The third-order valence-electron chi connectivity index (χ3n) is 4.60. The fraction of sp³-hybridized carbons (Fsp3) is 0.474. The van der Waals surface area contributed by atoms with Crippen LogP contribution in [-0.4, -0.2) is 30.7 Å². The second kappa shape index (κ2) is 7.21. The zero-order chi connectivity index (χ0) is 16.4. The maximum Gasteiger partial charge on any atom is 0.124 e. The molecule has 3 heterocycles. The third kappa shape index (κ3) is 3.79. The van der Waals surface area contributed by atoms with Crippen molar-refractivity contribution >= 4 is 11.3 Å². The molecule has 2 aliphatic heterocycles. The average molecular weight is 347 g/mol. The summed E-state index contributed by atoms with van der Waals surface area (Å²) in [7, 11) is 0. The van der Waals surface area contributed by atoms with Gasteiger partial charge in [-0.1, -0.05) is 0 Å². The number of thiophene rings is 1. The van der Waals surface area contributed by atoms with Crippen LogP contribution in [0.1, 0.15) is 35.1 Å². The number of nitrogens with zero attached hydrogens (tertiary/aromatic N) is 1. The lowest BCUT2D eigenvalue weighted by molar-refractivity contribution is 0.0150. The zero-order valence-corrected chi connectivity index (χ0v) is 14.4. The zero-order valence-electron chi connectivity index (χ0n) is 13.6. The highest BCUT2D eigenvalue weighted by Crippen LogP contribution is 2.33. The van der Waals surface area contributed by atoms with Gasteiger partial charge in [0.05, 0.1) is 6.10 Å². The fourth-order valence-electron chi connectivity index (χ4n) is 3.27. The summed E-state index contributed by atoms with van der Waals surface area (Å²) in [5, 5.41) is 0. The Balaban J connectivity index is 1.24. The molecule has 0 N–H and O–H groups in total. The lowest BCUT2D eigenvalue weighted by Crippen LogP contribution is -2.52. The minimum atomic E-state index is -0.229. The monoisotopic (exact) mass is 347 g/mol. The van der Waals surface area contributed by atoms with Gasteiger partial charge in [0.25, 0.3) is 0 Å². The van der Waals surface area contributed by atoms with E-state index in [1.807, 2.05) is 11.3 Å². The summed E-state index contributed by atoms with van der Waals surface area (Å²) < 4.78 is 24.6. The van der Waals surface area contributed by atoms with Crippen molar-refractivity contribution in [3.05, 3.63) is 52.0 Å². The number of hydrogen-bond donors (Lipinski definition) is 0. The van der Waals surface area contributed by atoms with Crippen LogP contribution in [-0.2, 0) is 11.3 Å². The first-order valence-corrected chi connectivity index (χ1v) is 9.43. The molecule has 1 aromatic carbocycles. The molecule has 2 aromatic rings. The predicted molar refractivity (Wildman–Crippen MR) is 93.0 cm³/mol. The molecule has 128 valence electrons. The number of likely N-dealkylation sites (tertiary alicyclic amines) is 1. The second-order valence-electron chi connectivity index (χ2n) is 6.55. The van der Waals surface area contributed by atoms with Crippen molar-refractivity contribution in [1.29, 1.82) is 0 Å². The van der Waals surface area contributed by atoms with E-state index in [0.717, 1.165) is 38.4 Å². The van der Waals surface area contributed by atoms with Crippen molar-refractivity contribution in [1.82, 2.24) is 4.90 Å². The minimum absolute atomic E-state index is 0.205. The summed E-state index contributed by atoms with van der Waals surface area (Å²) >= 11 is 1.87. The van der Waals surface area contributed by atoms with E-state index in [1.54, 1.807) is 12.1 Å². The highest BCUT2D eigenvalue weighted by molar-refractivity contribution is 7.12. The molecule has 4 rings (SSSR count). The Morgan fingerprint density at radius 2 is 1.96 bits per heavy atom. The SMILES string of the molecule is Fc1ccc(OC2CN(Cc3ccc(C4CCCCO4)s3)C2)cc1. The average Bonchev–Trinajstić information content (AvgIpc) is 3.04. The van der Waals surface area contributed by atoms with Gasteiger partial charge in [0.15, 0.2) is 0 Å². The van der Waals surface area contributed by atoms with Crippen LogP contribution in [0.15, 0.2) is 36.4 Å². The van der Waals surface area contributed by atoms with Crippen LogP contribution in [0.4, 0.5) is 4.39 Å². The molecule has 0 bridgehead atoms. The van der Waals surface area contributed by atoms with Crippen molar-refractivity contribution in [2.45, 2.75) is 38.0 Å². The summed E-state index contributed by atoms with van der Waals surface area (Å²) in [6.45, 7) is 3.71. The van der Waals surface area contributed by atoms with Crippen LogP contribution in [0.5, 0.6) is 5.75 Å². The van der Waals surface area contributed by atoms with E-state index in [0.29, 0.717) is 6.10 Å². The molecule has 1 aromatic heterocycles. The maximum atomic E-state index is 12.9. The van der Waals surface area contributed by atoms with Crippen LogP contribution < -0.4 is 4.74 Å². The Labute approximate surface area is 146 Å². The van der Waals surface area contributed by atoms with Crippen LogP contribution in [0, 0.1) is 5.82 Å². The molecule has 2 saturated heterocycles. The van der Waals surface area contributed by atoms with E-state index in [4.69, 9.17) is 9.47 Å². The summed E-state index contributed by atoms with van der Waals surface area (Å²) in [6.07, 6.45) is 4.13. The normalized spacial score (nSPS) is 22.3. The molecule has 0 aliphatic carbocycles. The lowest BCUT2D eigenvalue weighted by Gasteiger charge is -2.38. The number of halogens is 1. The first-order chi connectivity index (χ1) is 11.8. The van der Waals surface area contributed by atoms with E-state index >= 15 is 0 Å². The highest BCUT2D eigenvalue weighted by atomic mass is 32.1. The molecule has 2 aliphatic rings. The van der Waals surface area contributed by atoms with Gasteiger partial charge in [0, 0.05) is 36.0 Å². The fourth-order valence-corrected chi connectivity index (χ4v) is 4.41. The minimum Gasteiger partial charge on any atom is -0.488 e. The van der Waals surface area contributed by atoms with Crippen LogP contribution in [0.2, 0.25) is 0 Å². The van der Waals surface area contributed by atoms with Gasteiger partial charge >= 0.3 is 0 Å². The largest absolute Gasteiger partial charge is 0.488 e. The van der Waals surface area contributed by atoms with Crippen molar-refractivity contribution in [2.24, 2.45) is 0 Å². The Kier molecular flexibility index (Phi) is 4.83. The summed E-state index contributed by atoms with van der Waals surface area (Å²) in [6, 6.07) is 10.7. The summed E-state index contributed by atoms with van der Waals surface area (Å²) in [4.78, 5) is 5.13. The molecule has 0 radical (unpaired) electrons. The molecule has 3 nitrogen and oxygen atoms in total. The third-order valence-corrected chi connectivity index (χ3v) is 5.76. The summed E-state index contributed by atoms with van der Waals surface area (Å²) in [5.74, 6) is 0.516. The van der Waals surface area contributed by atoms with Crippen LogP contribution in [0.25, 0.3) is 0 Å². The Morgan fingerprint density at radius 3 is 2.71 bits per heavy atom. The maximum absolute atomic E-state index is 12.9. The smallest absolute Gasteiger partial charge is 0.124 e. The number of ether oxygens (including phenoxy) is 2. The van der Waals surface area contributed by atoms with Crippen LogP contribution >= 0.6 is 11.3 Å². The molecule has 2 fully saturated rings. The predicted octanol–water partition coefficient (Wildman–Crippen LogP) is 4.39.